The van der Waals surface area contributed by atoms with Gasteiger partial charge in [0.25, 0.3) is 0 Å². The van der Waals surface area contributed by atoms with Crippen molar-refractivity contribution < 1.29 is 4.74 Å². The Morgan fingerprint density at radius 3 is 2.88 bits per heavy atom. The fourth-order valence-corrected chi connectivity index (χ4v) is 3.43. The van der Waals surface area contributed by atoms with Crippen molar-refractivity contribution in [3.05, 3.63) is 16.1 Å². The Kier molecular flexibility index (Phi) is 9.09. The van der Waals surface area contributed by atoms with Gasteiger partial charge >= 0.3 is 0 Å². The molecule has 2 N–H and O–H groups in total. The van der Waals surface area contributed by atoms with E-state index in [9.17, 15) is 0 Å². The van der Waals surface area contributed by atoms with Crippen LogP contribution < -0.4 is 10.6 Å². The van der Waals surface area contributed by atoms with E-state index in [0.29, 0.717) is 0 Å². The molecule has 0 aromatic carbocycles. The Bertz CT molecular complexity index is 485. The lowest BCUT2D eigenvalue weighted by Gasteiger charge is -2.26. The van der Waals surface area contributed by atoms with Crippen LogP contribution >= 0.6 is 11.3 Å². The molecule has 6 nitrogen and oxygen atoms in total. The monoisotopic (exact) mass is 353 g/mol. The summed E-state index contributed by atoms with van der Waals surface area (Å²) in [6.07, 6.45) is 5.09. The molecular weight excluding hydrogens is 322 g/mol. The molecule has 1 aromatic rings. The van der Waals surface area contributed by atoms with Crippen LogP contribution in [0.15, 0.2) is 11.2 Å². The van der Waals surface area contributed by atoms with Crippen molar-refractivity contribution in [2.45, 2.75) is 33.1 Å². The highest BCUT2D eigenvalue weighted by atomic mass is 32.1. The summed E-state index contributed by atoms with van der Waals surface area (Å²) in [5, 5.41) is 7.92. The van der Waals surface area contributed by atoms with E-state index in [2.05, 4.69) is 39.4 Å². The van der Waals surface area contributed by atoms with Crippen molar-refractivity contribution >= 4 is 17.3 Å². The van der Waals surface area contributed by atoms with Gasteiger partial charge in [-0.15, -0.1) is 11.3 Å². The summed E-state index contributed by atoms with van der Waals surface area (Å²) in [6.45, 7) is 11.8. The number of hydrogen-bond acceptors (Lipinski definition) is 5. The predicted molar refractivity (Wildman–Crippen MR) is 101 cm³/mol. The van der Waals surface area contributed by atoms with Crippen LogP contribution in [-0.4, -0.2) is 68.3 Å². The number of aliphatic imine (C=N–C) groups is 1. The molecule has 1 aliphatic rings. The van der Waals surface area contributed by atoms with Gasteiger partial charge in [-0.1, -0.05) is 6.92 Å². The lowest BCUT2D eigenvalue weighted by Crippen LogP contribution is -2.39. The Hall–Kier alpha value is -1.18. The summed E-state index contributed by atoms with van der Waals surface area (Å²) in [4.78, 5) is 12.9. The van der Waals surface area contributed by atoms with E-state index in [1.165, 1.54) is 9.88 Å². The molecule has 0 radical (unpaired) electrons. The number of thiazole rings is 1. The van der Waals surface area contributed by atoms with Crippen molar-refractivity contribution in [2.24, 2.45) is 4.99 Å². The fraction of sp³-hybridized carbons (Fsp3) is 0.765. The van der Waals surface area contributed by atoms with Crippen molar-refractivity contribution in [2.75, 3.05) is 52.5 Å². The van der Waals surface area contributed by atoms with Gasteiger partial charge in [0, 0.05) is 56.8 Å². The highest BCUT2D eigenvalue weighted by Crippen LogP contribution is 2.13. The normalized spacial score (nSPS) is 16.3. The highest BCUT2D eigenvalue weighted by Gasteiger charge is 2.09. The molecule has 1 fully saturated rings. The summed E-state index contributed by atoms with van der Waals surface area (Å²) in [6, 6.07) is 0. The number of rotatable bonds is 9. The number of aromatic nitrogens is 1. The number of nitrogens with zero attached hydrogens (tertiary/aromatic N) is 3. The molecule has 0 atom stereocenters. The number of ether oxygens (including phenoxy) is 1. The predicted octanol–water partition coefficient (Wildman–Crippen LogP) is 1.53. The second-order valence-corrected chi connectivity index (χ2v) is 7.02. The second-order valence-electron chi connectivity index (χ2n) is 5.82. The number of aryl methyl sites for hydroxylation is 1. The van der Waals surface area contributed by atoms with Gasteiger partial charge in [-0.05, 0) is 19.8 Å². The lowest BCUT2D eigenvalue weighted by molar-refractivity contribution is 0.0377. The van der Waals surface area contributed by atoms with E-state index in [4.69, 9.17) is 4.74 Å². The third-order valence-corrected chi connectivity index (χ3v) is 5.13. The first-order valence-electron chi connectivity index (χ1n) is 9.07. The number of morpholine rings is 1. The molecule has 1 aromatic heterocycles. The first-order chi connectivity index (χ1) is 11.8. The molecule has 1 aliphatic heterocycles. The SMILES string of the molecule is CCNC(=NCCCN1CCOCC1)NCCc1ncc(CC)s1. The van der Waals surface area contributed by atoms with Crippen LogP contribution in [0, 0.1) is 0 Å². The van der Waals surface area contributed by atoms with Crippen LogP contribution in [-0.2, 0) is 17.6 Å². The molecule has 0 unspecified atom stereocenters. The zero-order valence-electron chi connectivity index (χ0n) is 15.0. The van der Waals surface area contributed by atoms with E-state index in [1.54, 1.807) is 0 Å². The Morgan fingerprint density at radius 1 is 1.33 bits per heavy atom. The molecule has 7 heteroatoms. The molecule has 0 amide bonds. The molecule has 136 valence electrons. The Balaban J connectivity index is 1.65. The van der Waals surface area contributed by atoms with Gasteiger partial charge in [-0.2, -0.15) is 0 Å². The van der Waals surface area contributed by atoms with E-state index >= 15 is 0 Å². The summed E-state index contributed by atoms with van der Waals surface area (Å²) in [5.74, 6) is 0.909. The van der Waals surface area contributed by atoms with Gasteiger partial charge in [0.15, 0.2) is 5.96 Å². The molecule has 0 aliphatic carbocycles. The fourth-order valence-electron chi connectivity index (χ4n) is 2.57. The molecule has 0 saturated carbocycles. The van der Waals surface area contributed by atoms with Crippen molar-refractivity contribution in [3.63, 3.8) is 0 Å². The molecule has 0 bridgehead atoms. The summed E-state index contributed by atoms with van der Waals surface area (Å²) in [7, 11) is 0. The zero-order chi connectivity index (χ0) is 17.0. The van der Waals surface area contributed by atoms with Gasteiger partial charge in [-0.3, -0.25) is 9.89 Å². The Labute approximate surface area is 149 Å². The van der Waals surface area contributed by atoms with Crippen LogP contribution in [0.25, 0.3) is 0 Å². The molecular formula is C17H31N5OS. The van der Waals surface area contributed by atoms with E-state index in [1.807, 2.05) is 17.5 Å². The summed E-state index contributed by atoms with van der Waals surface area (Å²) in [5.41, 5.74) is 0. The minimum absolute atomic E-state index is 0.851. The molecule has 1 saturated heterocycles. The topological polar surface area (TPSA) is 61.8 Å². The quantitative estimate of drug-likeness (QED) is 0.400. The molecule has 24 heavy (non-hydrogen) atoms. The number of guanidine groups is 1. The Morgan fingerprint density at radius 2 is 2.17 bits per heavy atom. The largest absolute Gasteiger partial charge is 0.379 e. The summed E-state index contributed by atoms with van der Waals surface area (Å²) >= 11 is 1.81. The van der Waals surface area contributed by atoms with Crippen LogP contribution in [0.1, 0.15) is 30.2 Å². The maximum absolute atomic E-state index is 5.37. The third kappa shape index (κ3) is 7.15. The van der Waals surface area contributed by atoms with Gasteiger partial charge in [0.2, 0.25) is 0 Å². The van der Waals surface area contributed by atoms with Gasteiger partial charge < -0.3 is 15.4 Å². The van der Waals surface area contributed by atoms with Crippen LogP contribution in [0.3, 0.4) is 0 Å². The average molecular weight is 354 g/mol. The molecule has 2 rings (SSSR count). The van der Waals surface area contributed by atoms with Crippen molar-refractivity contribution in [3.8, 4) is 0 Å². The lowest BCUT2D eigenvalue weighted by atomic mass is 10.3. The van der Waals surface area contributed by atoms with E-state index in [-0.39, 0.29) is 0 Å². The average Bonchev–Trinajstić information content (AvgIpc) is 3.07. The van der Waals surface area contributed by atoms with Gasteiger partial charge in [-0.25, -0.2) is 4.98 Å². The zero-order valence-corrected chi connectivity index (χ0v) is 15.8. The van der Waals surface area contributed by atoms with Crippen LogP contribution in [0.4, 0.5) is 0 Å². The van der Waals surface area contributed by atoms with Crippen LogP contribution in [0.5, 0.6) is 0 Å². The van der Waals surface area contributed by atoms with Gasteiger partial charge in [0.05, 0.1) is 18.2 Å². The smallest absolute Gasteiger partial charge is 0.191 e. The van der Waals surface area contributed by atoms with E-state index in [0.717, 1.165) is 77.7 Å². The summed E-state index contributed by atoms with van der Waals surface area (Å²) < 4.78 is 5.37. The second kappa shape index (κ2) is 11.4. The first kappa shape index (κ1) is 19.1. The van der Waals surface area contributed by atoms with Crippen LogP contribution in [0.2, 0.25) is 0 Å². The minimum atomic E-state index is 0.851. The molecule has 2 heterocycles. The highest BCUT2D eigenvalue weighted by molar-refractivity contribution is 7.11. The third-order valence-electron chi connectivity index (χ3n) is 3.93. The number of nitrogens with one attached hydrogen (secondary N) is 2. The maximum atomic E-state index is 5.37. The first-order valence-corrected chi connectivity index (χ1v) is 9.89. The minimum Gasteiger partial charge on any atom is -0.379 e. The number of hydrogen-bond donors (Lipinski definition) is 2. The molecule has 0 spiro atoms. The standard InChI is InChI=1S/C17H31N5OS/c1-3-15-14-21-16(24-15)6-8-20-17(18-4-2)19-7-5-9-22-10-12-23-13-11-22/h14H,3-13H2,1-2H3,(H2,18,19,20). The van der Waals surface area contributed by atoms with Gasteiger partial charge in [0.1, 0.15) is 0 Å². The van der Waals surface area contributed by atoms with Crippen molar-refractivity contribution in [1.82, 2.24) is 20.5 Å². The maximum Gasteiger partial charge on any atom is 0.191 e. The van der Waals surface area contributed by atoms with E-state index < -0.39 is 0 Å². The van der Waals surface area contributed by atoms with Crippen molar-refractivity contribution in [1.29, 1.82) is 0 Å².